The fourth-order valence-corrected chi connectivity index (χ4v) is 9.74. The lowest BCUT2D eigenvalue weighted by molar-refractivity contribution is -0.391. The molecule has 0 aromatic heterocycles. The molecule has 4 aliphatic heterocycles. The van der Waals surface area contributed by atoms with E-state index in [1.54, 1.807) is 30.3 Å². The summed E-state index contributed by atoms with van der Waals surface area (Å²) in [5.41, 5.74) is 0.146. The Morgan fingerprint density at radius 3 is 1.96 bits per heavy atom. The lowest BCUT2D eigenvalue weighted by Gasteiger charge is -2.51. The quantitative estimate of drug-likeness (QED) is 0.0421. The van der Waals surface area contributed by atoms with E-state index in [0.717, 1.165) is 38.0 Å². The van der Waals surface area contributed by atoms with Gasteiger partial charge in [0.15, 0.2) is 18.9 Å². The molecule has 6 rings (SSSR count). The summed E-state index contributed by atoms with van der Waals surface area (Å²) in [5.74, 6) is -6.66. The molecular formula is C49H74N2O24. The van der Waals surface area contributed by atoms with Gasteiger partial charge in [0.1, 0.15) is 85.4 Å². The molecule has 0 aliphatic carbocycles. The molecule has 424 valence electrons. The molecule has 4 heterocycles. The van der Waals surface area contributed by atoms with E-state index in [1.807, 2.05) is 12.1 Å². The van der Waals surface area contributed by atoms with Crippen molar-refractivity contribution in [2.45, 2.75) is 194 Å². The average Bonchev–Trinajstić information content (AvgIpc) is 3.39. The fraction of sp³-hybridized carbons (Fsp3) is 0.735. The normalized spacial score (nSPS) is 37.1. The highest BCUT2D eigenvalue weighted by molar-refractivity contribution is 5.98. The van der Waals surface area contributed by atoms with Crippen molar-refractivity contribution in [3.63, 3.8) is 0 Å². The third-order valence-electron chi connectivity index (χ3n) is 13.9. The first-order valence-corrected chi connectivity index (χ1v) is 25.2. The molecule has 2 aromatic rings. The summed E-state index contributed by atoms with van der Waals surface area (Å²) in [5, 5.41) is 147. The van der Waals surface area contributed by atoms with Gasteiger partial charge in [0.2, 0.25) is 5.91 Å². The molecule has 4 saturated heterocycles. The van der Waals surface area contributed by atoms with Gasteiger partial charge < -0.3 is 115 Å². The van der Waals surface area contributed by atoms with Crippen LogP contribution in [0.5, 0.6) is 0 Å². The number of hydrogen-bond donors (Lipinski definition) is 15. The molecule has 0 saturated carbocycles. The van der Waals surface area contributed by atoms with E-state index in [1.165, 1.54) is 6.92 Å². The lowest BCUT2D eigenvalue weighted by atomic mass is 9.88. The summed E-state index contributed by atoms with van der Waals surface area (Å²) in [7, 11) is 0. The number of benzene rings is 2. The van der Waals surface area contributed by atoms with E-state index in [0.29, 0.717) is 24.6 Å². The third kappa shape index (κ3) is 14.5. The molecule has 0 bridgehead atoms. The minimum absolute atomic E-state index is 0.0363. The van der Waals surface area contributed by atoms with Crippen LogP contribution in [0, 0.1) is 0 Å². The zero-order chi connectivity index (χ0) is 54.7. The molecular weight excluding hydrogens is 1000 g/mol. The summed E-state index contributed by atoms with van der Waals surface area (Å²) in [6, 6.07) is 8.97. The maximum atomic E-state index is 14.4. The number of aliphatic hydroxyl groups is 12. The second kappa shape index (κ2) is 27.8. The summed E-state index contributed by atoms with van der Waals surface area (Å²) in [4.78, 5) is 39.8. The topological polar surface area (TPSA) is 412 Å². The van der Waals surface area contributed by atoms with Crippen molar-refractivity contribution < 1.29 is 119 Å². The van der Waals surface area contributed by atoms with Gasteiger partial charge in [0, 0.05) is 32.1 Å². The molecule has 75 heavy (non-hydrogen) atoms. The van der Waals surface area contributed by atoms with Gasteiger partial charge in [-0.3, -0.25) is 9.59 Å². The number of fused-ring (bicyclic) bond motifs is 1. The predicted octanol–water partition coefficient (Wildman–Crippen LogP) is -4.03. The summed E-state index contributed by atoms with van der Waals surface area (Å²) < 4.78 is 48.6. The zero-order valence-electron chi connectivity index (χ0n) is 41.6. The Bertz CT molecular complexity index is 2130. The largest absolute Gasteiger partial charge is 0.477 e. The molecule has 21 atom stereocenters. The van der Waals surface area contributed by atoms with Crippen LogP contribution < -0.4 is 10.6 Å². The van der Waals surface area contributed by atoms with Crippen molar-refractivity contribution in [1.29, 1.82) is 0 Å². The zero-order valence-corrected chi connectivity index (χ0v) is 41.6. The highest BCUT2D eigenvalue weighted by Gasteiger charge is 2.61. The van der Waals surface area contributed by atoms with Gasteiger partial charge in [-0.2, -0.15) is 0 Å². The maximum Gasteiger partial charge on any atom is 0.364 e. The van der Waals surface area contributed by atoms with Crippen molar-refractivity contribution in [1.82, 2.24) is 10.6 Å². The Balaban J connectivity index is 1.36. The predicted molar refractivity (Wildman–Crippen MR) is 254 cm³/mol. The molecule has 26 nitrogen and oxygen atoms in total. The van der Waals surface area contributed by atoms with Crippen molar-refractivity contribution in [2.75, 3.05) is 33.0 Å². The lowest BCUT2D eigenvalue weighted by Crippen LogP contribution is -2.71. The first-order chi connectivity index (χ1) is 35.8. The fourth-order valence-electron chi connectivity index (χ4n) is 9.74. The molecule has 26 heteroatoms. The molecule has 15 N–H and O–H groups in total. The first-order valence-electron chi connectivity index (χ1n) is 25.2. The molecule has 2 amide bonds. The van der Waals surface area contributed by atoms with E-state index in [9.17, 15) is 75.7 Å². The van der Waals surface area contributed by atoms with Gasteiger partial charge in [-0.25, -0.2) is 4.79 Å². The van der Waals surface area contributed by atoms with Crippen LogP contribution in [0.3, 0.4) is 0 Å². The van der Waals surface area contributed by atoms with Crippen LogP contribution in [0.1, 0.15) is 75.6 Å². The Labute approximate surface area is 431 Å². The monoisotopic (exact) mass is 1070 g/mol. The molecule has 4 fully saturated rings. The Hall–Kier alpha value is -3.69. The second-order valence-corrected chi connectivity index (χ2v) is 19.4. The summed E-state index contributed by atoms with van der Waals surface area (Å²) >= 11 is 0. The summed E-state index contributed by atoms with van der Waals surface area (Å²) in [6.45, 7) is -0.513. The number of carboxylic acid groups (broad SMARTS) is 1. The summed E-state index contributed by atoms with van der Waals surface area (Å²) in [6.07, 6.45) is -29.5. The number of hydrogen-bond acceptors (Lipinski definition) is 23. The van der Waals surface area contributed by atoms with Crippen molar-refractivity contribution in [3.8, 4) is 0 Å². The molecule has 0 unspecified atom stereocenters. The molecule has 0 spiro atoms. The number of carboxylic acids is 1. The van der Waals surface area contributed by atoms with E-state index >= 15 is 0 Å². The van der Waals surface area contributed by atoms with E-state index < -0.39 is 172 Å². The van der Waals surface area contributed by atoms with Crippen LogP contribution in [0.4, 0.5) is 0 Å². The van der Waals surface area contributed by atoms with Crippen LogP contribution in [0.2, 0.25) is 0 Å². The number of aliphatic hydroxyl groups excluding tert-OH is 12. The third-order valence-corrected chi connectivity index (χ3v) is 13.9. The number of amides is 2. The SMILES string of the molecule is CC(=O)N[C@H]1[C@H]([C@H](O)[C@H](O)CO)O[C@@](O[C@H]2[C@@H](O)[C@@H](CO)O[C@@H](O[C@H]3[C@H](O[C@@H]4O[C@@H](C)[C@@H](O)[C@@H](O)[C@@H]4O)[C@@H](NC(=O)c4ccc5ccccc5c4)[C@H](OCCCCCCCCCO)O[C@@H]3CO)[C@@H]2O)(C(=O)O)C[C@@H]1O. The molecule has 0 radical (unpaired) electrons. The number of unbranched alkanes of at least 4 members (excludes halogenated alkanes) is 6. The minimum Gasteiger partial charge on any atom is -0.477 e. The Morgan fingerprint density at radius 1 is 0.693 bits per heavy atom. The highest BCUT2D eigenvalue weighted by atomic mass is 16.8. The van der Waals surface area contributed by atoms with Crippen LogP contribution in [0.15, 0.2) is 42.5 Å². The number of ether oxygens (including phenoxy) is 8. The molecule has 2 aromatic carbocycles. The van der Waals surface area contributed by atoms with Gasteiger partial charge in [0.05, 0.1) is 38.1 Å². The smallest absolute Gasteiger partial charge is 0.364 e. The minimum atomic E-state index is -3.14. The van der Waals surface area contributed by atoms with Crippen LogP contribution in [-0.2, 0) is 47.5 Å². The second-order valence-electron chi connectivity index (χ2n) is 19.4. The van der Waals surface area contributed by atoms with Crippen molar-refractivity contribution in [2.24, 2.45) is 0 Å². The molecule has 4 aliphatic rings. The number of rotatable bonds is 25. The van der Waals surface area contributed by atoms with E-state index in [-0.39, 0.29) is 18.8 Å². The average molecular weight is 1080 g/mol. The van der Waals surface area contributed by atoms with E-state index in [4.69, 9.17) is 43.0 Å². The maximum absolute atomic E-state index is 14.4. The van der Waals surface area contributed by atoms with Crippen LogP contribution in [-0.4, -0.2) is 246 Å². The van der Waals surface area contributed by atoms with Gasteiger partial charge >= 0.3 is 5.97 Å². The number of nitrogens with one attached hydrogen (secondary N) is 2. The Kier molecular flexibility index (Phi) is 22.4. The first kappa shape index (κ1) is 60.5. The standard InChI is InChI=1S/C49H74N2O24/c1-23-34(59)37(62)38(63)46(69-23)73-42-33(51-44(65)27-15-14-25-12-8-9-13-26(25)18-27)45(68-17-11-7-5-3-4-6-10-16-52)71-31(22-55)40(42)72-47-39(64)43(36(61)30(21-54)70-47)75-49(48(66)67)19-28(57)32(50-24(2)56)41(74-49)35(60)29(58)20-53/h8-9,12-15,18,23,28-43,45-47,52-55,57-64H,3-7,10-11,16-17,19-22H2,1-2H3,(H,50,56)(H,51,65)(H,66,67)/t23-,28-,29+,30+,31+,32+,33+,34+,35+,36-,37+,38-,39+,40+,41+,42+,43-,45+,46-,47-,49-/m0/s1. The van der Waals surface area contributed by atoms with Gasteiger partial charge in [0.25, 0.3) is 11.7 Å². The van der Waals surface area contributed by atoms with Crippen molar-refractivity contribution in [3.05, 3.63) is 48.0 Å². The Morgan fingerprint density at radius 2 is 1.32 bits per heavy atom. The van der Waals surface area contributed by atoms with Gasteiger partial charge in [-0.15, -0.1) is 0 Å². The highest BCUT2D eigenvalue weighted by Crippen LogP contribution is 2.39. The van der Waals surface area contributed by atoms with Crippen molar-refractivity contribution >= 4 is 28.6 Å². The number of carbonyl (C=O) groups excluding carboxylic acids is 2. The number of aliphatic carboxylic acids is 1. The van der Waals surface area contributed by atoms with Crippen LogP contribution in [0.25, 0.3) is 10.8 Å². The van der Waals surface area contributed by atoms with Gasteiger partial charge in [-0.05, 0) is 42.7 Å². The number of carbonyl (C=O) groups is 3. The van der Waals surface area contributed by atoms with Gasteiger partial charge in [-0.1, -0.05) is 62.4 Å². The van der Waals surface area contributed by atoms with Crippen LogP contribution >= 0.6 is 0 Å². The van der Waals surface area contributed by atoms with E-state index in [2.05, 4.69) is 10.6 Å².